The maximum atomic E-state index is 3.71. The van der Waals surface area contributed by atoms with E-state index in [4.69, 9.17) is 0 Å². The van der Waals surface area contributed by atoms with Crippen LogP contribution in [0.1, 0.15) is 63.4 Å². The molecule has 1 aromatic rings. The van der Waals surface area contributed by atoms with Crippen molar-refractivity contribution in [2.24, 2.45) is 5.92 Å². The van der Waals surface area contributed by atoms with Gasteiger partial charge in [0.25, 0.3) is 0 Å². The highest BCUT2D eigenvalue weighted by Crippen LogP contribution is 2.45. The fourth-order valence-electron chi connectivity index (χ4n) is 4.47. The third kappa shape index (κ3) is 2.65. The van der Waals surface area contributed by atoms with Gasteiger partial charge in [0.2, 0.25) is 0 Å². The zero-order valence-electron chi connectivity index (χ0n) is 12.9. The molecule has 0 saturated heterocycles. The van der Waals surface area contributed by atoms with Crippen molar-refractivity contribution in [1.29, 1.82) is 0 Å². The molecule has 110 valence electrons. The second-order valence-electron chi connectivity index (χ2n) is 6.96. The van der Waals surface area contributed by atoms with E-state index in [1.807, 2.05) is 0 Å². The van der Waals surface area contributed by atoms with E-state index in [0.29, 0.717) is 11.5 Å². The first kappa shape index (κ1) is 14.1. The quantitative estimate of drug-likeness (QED) is 0.821. The number of benzene rings is 1. The molecule has 1 aromatic carbocycles. The summed E-state index contributed by atoms with van der Waals surface area (Å²) in [6.45, 7) is 0. The number of hydrogen-bond donors (Lipinski definition) is 1. The molecule has 3 rings (SSSR count). The summed E-state index contributed by atoms with van der Waals surface area (Å²) in [5.41, 5.74) is 1.97. The highest BCUT2D eigenvalue weighted by atomic mass is 14.9. The molecule has 0 aromatic heterocycles. The fraction of sp³-hybridized carbons (Fsp3) is 0.684. The van der Waals surface area contributed by atoms with Crippen LogP contribution in [0.15, 0.2) is 30.3 Å². The van der Waals surface area contributed by atoms with Gasteiger partial charge < -0.3 is 5.32 Å². The van der Waals surface area contributed by atoms with E-state index in [1.54, 1.807) is 5.56 Å². The second kappa shape index (κ2) is 6.30. The highest BCUT2D eigenvalue weighted by molar-refractivity contribution is 5.28. The van der Waals surface area contributed by atoms with Gasteiger partial charge in [-0.25, -0.2) is 0 Å². The molecule has 0 aliphatic heterocycles. The molecule has 20 heavy (non-hydrogen) atoms. The summed E-state index contributed by atoms with van der Waals surface area (Å²) in [4.78, 5) is 0. The predicted octanol–water partition coefficient (Wildman–Crippen LogP) is 4.67. The Kier molecular flexibility index (Phi) is 4.45. The molecular weight excluding hydrogens is 242 g/mol. The molecule has 0 heterocycles. The van der Waals surface area contributed by atoms with E-state index >= 15 is 0 Å². The number of nitrogens with one attached hydrogen (secondary N) is 1. The smallest absolute Gasteiger partial charge is 0.0164 e. The number of hydrogen-bond acceptors (Lipinski definition) is 1. The number of rotatable bonds is 5. The van der Waals surface area contributed by atoms with Crippen molar-refractivity contribution < 1.29 is 0 Å². The second-order valence-corrected chi connectivity index (χ2v) is 6.96. The van der Waals surface area contributed by atoms with Crippen molar-refractivity contribution in [3.05, 3.63) is 35.9 Å². The lowest BCUT2D eigenvalue weighted by Crippen LogP contribution is -2.49. The van der Waals surface area contributed by atoms with Gasteiger partial charge in [0.15, 0.2) is 0 Å². The lowest BCUT2D eigenvalue weighted by molar-refractivity contribution is 0.165. The molecule has 2 aliphatic rings. The molecule has 2 fully saturated rings. The minimum absolute atomic E-state index is 0.393. The van der Waals surface area contributed by atoms with Crippen molar-refractivity contribution in [3.63, 3.8) is 0 Å². The normalized spacial score (nSPS) is 24.1. The van der Waals surface area contributed by atoms with Crippen LogP contribution in [0.4, 0.5) is 0 Å². The van der Waals surface area contributed by atoms with Crippen molar-refractivity contribution in [2.75, 3.05) is 7.05 Å². The van der Waals surface area contributed by atoms with Gasteiger partial charge in [-0.05, 0) is 37.8 Å². The minimum atomic E-state index is 0.393. The average molecular weight is 271 g/mol. The van der Waals surface area contributed by atoms with Gasteiger partial charge in [-0.2, -0.15) is 0 Å². The van der Waals surface area contributed by atoms with Gasteiger partial charge >= 0.3 is 0 Å². The molecular formula is C19H29N. The molecule has 1 N–H and O–H groups in total. The van der Waals surface area contributed by atoms with Crippen molar-refractivity contribution in [1.82, 2.24) is 5.32 Å². The maximum absolute atomic E-state index is 3.71. The Morgan fingerprint density at radius 1 is 1.05 bits per heavy atom. The number of likely N-dealkylation sites (N-methyl/N-ethyl adjacent to an activating group) is 1. The summed E-state index contributed by atoms with van der Waals surface area (Å²) in [5.74, 6) is 0.981. The molecule has 2 aliphatic carbocycles. The van der Waals surface area contributed by atoms with Crippen LogP contribution in [0.5, 0.6) is 0 Å². The van der Waals surface area contributed by atoms with Gasteiger partial charge in [0.05, 0.1) is 0 Å². The SMILES string of the molecule is CNC(CC1CCC1)C1(c2ccccc2)CCCCC1. The van der Waals surface area contributed by atoms with E-state index in [-0.39, 0.29) is 0 Å². The largest absolute Gasteiger partial charge is 0.316 e. The Labute approximate surface area is 124 Å². The van der Waals surface area contributed by atoms with E-state index < -0.39 is 0 Å². The van der Waals surface area contributed by atoms with Crippen molar-refractivity contribution in [2.45, 2.75) is 69.2 Å². The van der Waals surface area contributed by atoms with Gasteiger partial charge in [0, 0.05) is 11.5 Å². The summed E-state index contributed by atoms with van der Waals surface area (Å²) in [5, 5.41) is 3.71. The first-order valence-electron chi connectivity index (χ1n) is 8.58. The molecule has 1 atom stereocenters. The molecule has 1 nitrogen and oxygen atoms in total. The summed E-state index contributed by atoms with van der Waals surface area (Å²) >= 11 is 0. The Hall–Kier alpha value is -0.820. The minimum Gasteiger partial charge on any atom is -0.316 e. The standard InChI is InChI=1S/C19H29N/c1-20-18(15-16-9-8-10-16)19(13-6-3-7-14-19)17-11-4-2-5-12-17/h2,4-5,11-12,16,18,20H,3,6-10,13-15H2,1H3. The summed E-state index contributed by atoms with van der Waals surface area (Å²) < 4.78 is 0. The first-order chi connectivity index (χ1) is 9.85. The predicted molar refractivity (Wildman–Crippen MR) is 86.0 cm³/mol. The average Bonchev–Trinajstić information content (AvgIpc) is 2.48. The Morgan fingerprint density at radius 2 is 1.75 bits per heavy atom. The topological polar surface area (TPSA) is 12.0 Å². The first-order valence-corrected chi connectivity index (χ1v) is 8.58. The molecule has 1 heteroatoms. The van der Waals surface area contributed by atoms with Crippen LogP contribution in [-0.4, -0.2) is 13.1 Å². The van der Waals surface area contributed by atoms with Crippen LogP contribution in [0.25, 0.3) is 0 Å². The van der Waals surface area contributed by atoms with Gasteiger partial charge in [0.1, 0.15) is 0 Å². The van der Waals surface area contributed by atoms with E-state index in [2.05, 4.69) is 42.7 Å². The Morgan fingerprint density at radius 3 is 2.30 bits per heavy atom. The molecule has 0 radical (unpaired) electrons. The zero-order valence-corrected chi connectivity index (χ0v) is 12.9. The molecule has 0 bridgehead atoms. The van der Waals surface area contributed by atoms with Crippen LogP contribution in [-0.2, 0) is 5.41 Å². The van der Waals surface area contributed by atoms with Crippen LogP contribution in [0.3, 0.4) is 0 Å². The monoisotopic (exact) mass is 271 g/mol. The zero-order chi connectivity index (χ0) is 13.8. The Balaban J connectivity index is 1.86. The third-order valence-corrected chi connectivity index (χ3v) is 5.90. The van der Waals surface area contributed by atoms with Crippen LogP contribution in [0.2, 0.25) is 0 Å². The van der Waals surface area contributed by atoms with E-state index in [0.717, 1.165) is 5.92 Å². The van der Waals surface area contributed by atoms with Gasteiger partial charge in [-0.3, -0.25) is 0 Å². The molecule has 1 unspecified atom stereocenters. The fourth-order valence-corrected chi connectivity index (χ4v) is 4.47. The molecule has 0 amide bonds. The van der Waals surface area contributed by atoms with Crippen molar-refractivity contribution in [3.8, 4) is 0 Å². The van der Waals surface area contributed by atoms with Gasteiger partial charge in [-0.1, -0.05) is 68.9 Å². The highest BCUT2D eigenvalue weighted by Gasteiger charge is 2.41. The molecule has 2 saturated carbocycles. The molecule has 0 spiro atoms. The van der Waals surface area contributed by atoms with Crippen LogP contribution >= 0.6 is 0 Å². The third-order valence-electron chi connectivity index (χ3n) is 5.90. The van der Waals surface area contributed by atoms with Crippen LogP contribution < -0.4 is 5.32 Å². The summed E-state index contributed by atoms with van der Waals surface area (Å²) in [6.07, 6.45) is 12.7. The van der Waals surface area contributed by atoms with Crippen molar-refractivity contribution >= 4 is 0 Å². The lowest BCUT2D eigenvalue weighted by atomic mass is 9.62. The summed E-state index contributed by atoms with van der Waals surface area (Å²) in [7, 11) is 2.18. The van der Waals surface area contributed by atoms with E-state index in [1.165, 1.54) is 57.8 Å². The summed E-state index contributed by atoms with van der Waals surface area (Å²) in [6, 6.07) is 12.0. The van der Waals surface area contributed by atoms with Gasteiger partial charge in [-0.15, -0.1) is 0 Å². The lowest BCUT2D eigenvalue weighted by Gasteiger charge is -2.46. The maximum Gasteiger partial charge on any atom is 0.0164 e. The van der Waals surface area contributed by atoms with E-state index in [9.17, 15) is 0 Å². The van der Waals surface area contributed by atoms with Crippen LogP contribution in [0, 0.1) is 5.92 Å². The Bertz CT molecular complexity index is 401.